The van der Waals surface area contributed by atoms with Gasteiger partial charge in [0.25, 0.3) is 0 Å². The number of imidazole rings is 1. The zero-order valence-corrected chi connectivity index (χ0v) is 15.7. The van der Waals surface area contributed by atoms with E-state index >= 15 is 0 Å². The fourth-order valence-electron chi connectivity index (χ4n) is 3.07. The van der Waals surface area contributed by atoms with E-state index in [9.17, 15) is 18.8 Å². The number of rotatable bonds is 6. The Morgan fingerprint density at radius 3 is 2.65 bits per heavy atom. The molecule has 0 radical (unpaired) electrons. The van der Waals surface area contributed by atoms with Gasteiger partial charge in [0.05, 0.1) is 23.0 Å². The topological polar surface area (TPSA) is 113 Å². The van der Waals surface area contributed by atoms with Crippen LogP contribution in [-0.4, -0.2) is 32.1 Å². The maximum Gasteiger partial charge on any atom is 0.387 e. The minimum Gasteiger partial charge on any atom is -0.478 e. The molecule has 4 rings (SSSR count). The lowest BCUT2D eigenvalue weighted by Gasteiger charge is -2.09. The van der Waals surface area contributed by atoms with Crippen molar-refractivity contribution in [3.8, 4) is 23.1 Å². The molecule has 0 fully saturated rings. The molecule has 0 atom stereocenters. The van der Waals surface area contributed by atoms with Crippen LogP contribution in [0.3, 0.4) is 0 Å². The zero-order valence-electron chi connectivity index (χ0n) is 15.7. The SMILES string of the molecule is N#Cc1cc(Nc2nccn3c(-c4ccc(OC(F)F)cc4)cnc23)ccc1C(=O)O. The minimum absolute atomic E-state index is 0.0135. The zero-order chi connectivity index (χ0) is 22.0. The third-order valence-electron chi connectivity index (χ3n) is 4.44. The molecule has 0 aliphatic rings. The highest BCUT2D eigenvalue weighted by atomic mass is 19.3. The molecule has 154 valence electrons. The summed E-state index contributed by atoms with van der Waals surface area (Å²) in [7, 11) is 0. The molecule has 0 aliphatic heterocycles. The van der Waals surface area contributed by atoms with Crippen molar-refractivity contribution in [2.24, 2.45) is 0 Å². The van der Waals surface area contributed by atoms with Crippen molar-refractivity contribution in [3.63, 3.8) is 0 Å². The number of nitriles is 1. The van der Waals surface area contributed by atoms with Crippen molar-refractivity contribution in [3.05, 3.63) is 72.2 Å². The lowest BCUT2D eigenvalue weighted by molar-refractivity contribution is -0.0498. The largest absolute Gasteiger partial charge is 0.478 e. The van der Waals surface area contributed by atoms with Gasteiger partial charge in [-0.25, -0.2) is 14.8 Å². The first-order valence-electron chi connectivity index (χ1n) is 8.88. The average Bonchev–Trinajstić information content (AvgIpc) is 3.19. The predicted octanol–water partition coefficient (Wildman–Crippen LogP) is 4.31. The molecule has 0 bridgehead atoms. The molecule has 0 amide bonds. The number of carbonyl (C=O) groups is 1. The molecule has 2 N–H and O–H groups in total. The highest BCUT2D eigenvalue weighted by molar-refractivity contribution is 5.91. The number of nitrogens with zero attached hydrogens (tertiary/aromatic N) is 4. The Balaban J connectivity index is 1.67. The van der Waals surface area contributed by atoms with Crippen molar-refractivity contribution in [2.45, 2.75) is 6.61 Å². The van der Waals surface area contributed by atoms with E-state index in [2.05, 4.69) is 20.0 Å². The van der Waals surface area contributed by atoms with Crippen LogP contribution < -0.4 is 10.1 Å². The molecule has 10 heteroatoms. The molecule has 8 nitrogen and oxygen atoms in total. The van der Waals surface area contributed by atoms with E-state index in [4.69, 9.17) is 5.11 Å². The number of alkyl halides is 2. The first-order valence-corrected chi connectivity index (χ1v) is 8.88. The maximum absolute atomic E-state index is 12.3. The lowest BCUT2D eigenvalue weighted by atomic mass is 10.1. The van der Waals surface area contributed by atoms with Crippen molar-refractivity contribution >= 4 is 23.1 Å². The predicted molar refractivity (Wildman–Crippen MR) is 106 cm³/mol. The van der Waals surface area contributed by atoms with Crippen LogP contribution in [0.4, 0.5) is 20.3 Å². The molecule has 2 aromatic heterocycles. The van der Waals surface area contributed by atoms with E-state index in [0.717, 1.165) is 5.56 Å². The summed E-state index contributed by atoms with van der Waals surface area (Å²) < 4.78 is 30.8. The Morgan fingerprint density at radius 1 is 1.19 bits per heavy atom. The van der Waals surface area contributed by atoms with E-state index in [1.54, 1.807) is 35.1 Å². The number of carboxylic acid groups (broad SMARTS) is 1. The van der Waals surface area contributed by atoms with Gasteiger partial charge in [0, 0.05) is 23.6 Å². The van der Waals surface area contributed by atoms with Crippen LogP contribution in [0.15, 0.2) is 61.1 Å². The maximum atomic E-state index is 12.3. The molecular formula is C21H13F2N5O3. The summed E-state index contributed by atoms with van der Waals surface area (Å²) in [6, 6.07) is 12.3. The van der Waals surface area contributed by atoms with Crippen molar-refractivity contribution in [2.75, 3.05) is 5.32 Å². The van der Waals surface area contributed by atoms with Gasteiger partial charge < -0.3 is 15.2 Å². The fourth-order valence-corrected chi connectivity index (χ4v) is 3.07. The molecule has 2 heterocycles. The standard InChI is InChI=1S/C21H13F2N5O3/c22-21(23)31-15-4-1-12(2-5-15)17-11-26-19-18(25-7-8-28(17)19)27-14-3-6-16(20(29)30)13(9-14)10-24/h1-9,11,21H,(H,25,27)(H,29,30). The smallest absolute Gasteiger partial charge is 0.387 e. The highest BCUT2D eigenvalue weighted by Gasteiger charge is 2.14. The molecule has 4 aromatic rings. The Hall–Kier alpha value is -4.52. The second-order valence-corrected chi connectivity index (χ2v) is 6.32. The highest BCUT2D eigenvalue weighted by Crippen LogP contribution is 2.27. The molecule has 0 saturated heterocycles. The lowest BCUT2D eigenvalue weighted by Crippen LogP contribution is -2.03. The number of aromatic nitrogens is 3. The summed E-state index contributed by atoms with van der Waals surface area (Å²) in [5.74, 6) is -0.751. The van der Waals surface area contributed by atoms with Gasteiger partial charge in [-0.3, -0.25) is 4.40 Å². The van der Waals surface area contributed by atoms with Gasteiger partial charge in [-0.15, -0.1) is 0 Å². The van der Waals surface area contributed by atoms with Gasteiger partial charge in [0.2, 0.25) is 0 Å². The summed E-state index contributed by atoms with van der Waals surface area (Å²) in [6.07, 6.45) is 4.85. The van der Waals surface area contributed by atoms with Crippen molar-refractivity contribution in [1.82, 2.24) is 14.4 Å². The van der Waals surface area contributed by atoms with Crippen LogP contribution in [0.5, 0.6) is 5.75 Å². The van der Waals surface area contributed by atoms with E-state index in [1.807, 2.05) is 6.07 Å². The number of carboxylic acids is 1. The number of benzene rings is 2. The molecule has 0 spiro atoms. The molecule has 0 saturated carbocycles. The van der Waals surface area contributed by atoms with E-state index in [0.29, 0.717) is 22.8 Å². The van der Waals surface area contributed by atoms with Gasteiger partial charge in [-0.2, -0.15) is 14.0 Å². The van der Waals surface area contributed by atoms with Gasteiger partial charge in [0.15, 0.2) is 11.5 Å². The Bertz CT molecular complexity index is 1310. The normalized spacial score (nSPS) is 10.8. The van der Waals surface area contributed by atoms with Gasteiger partial charge in [-0.1, -0.05) is 0 Å². The van der Waals surface area contributed by atoms with Crippen LogP contribution in [0, 0.1) is 11.3 Å². The monoisotopic (exact) mass is 421 g/mol. The number of ether oxygens (including phenoxy) is 1. The number of nitrogens with one attached hydrogen (secondary N) is 1. The second kappa shape index (κ2) is 8.08. The summed E-state index contributed by atoms with van der Waals surface area (Å²) >= 11 is 0. The number of hydrogen-bond acceptors (Lipinski definition) is 6. The molecule has 2 aromatic carbocycles. The number of hydrogen-bond donors (Lipinski definition) is 2. The average molecular weight is 421 g/mol. The quantitative estimate of drug-likeness (QED) is 0.477. The van der Waals surface area contributed by atoms with E-state index in [1.165, 1.54) is 30.3 Å². The Labute approximate surface area is 174 Å². The van der Waals surface area contributed by atoms with E-state index in [-0.39, 0.29) is 16.9 Å². The number of aromatic carboxylic acids is 1. The van der Waals surface area contributed by atoms with Crippen LogP contribution in [0.2, 0.25) is 0 Å². The van der Waals surface area contributed by atoms with Crippen LogP contribution in [-0.2, 0) is 0 Å². The molecule has 31 heavy (non-hydrogen) atoms. The minimum atomic E-state index is -2.90. The summed E-state index contributed by atoms with van der Waals surface area (Å²) in [4.78, 5) is 19.8. The number of fused-ring (bicyclic) bond motifs is 1. The van der Waals surface area contributed by atoms with E-state index < -0.39 is 12.6 Å². The van der Waals surface area contributed by atoms with Gasteiger partial charge >= 0.3 is 12.6 Å². The van der Waals surface area contributed by atoms with Gasteiger partial charge in [0.1, 0.15) is 11.8 Å². The Kier molecular flexibility index (Phi) is 5.15. The molecular weight excluding hydrogens is 408 g/mol. The number of anilines is 2. The van der Waals surface area contributed by atoms with Crippen LogP contribution in [0.25, 0.3) is 16.9 Å². The van der Waals surface area contributed by atoms with Crippen LogP contribution in [0.1, 0.15) is 15.9 Å². The summed E-state index contributed by atoms with van der Waals surface area (Å²) in [5, 5.41) is 21.4. The molecule has 0 aliphatic carbocycles. The summed E-state index contributed by atoms with van der Waals surface area (Å²) in [5.41, 5.74) is 2.29. The Morgan fingerprint density at radius 2 is 1.97 bits per heavy atom. The number of halogens is 2. The summed E-state index contributed by atoms with van der Waals surface area (Å²) in [6.45, 7) is -2.90. The van der Waals surface area contributed by atoms with Crippen LogP contribution >= 0.6 is 0 Å². The molecule has 0 unspecified atom stereocenters. The second-order valence-electron chi connectivity index (χ2n) is 6.32. The third-order valence-corrected chi connectivity index (χ3v) is 4.44. The van der Waals surface area contributed by atoms with Crippen molar-refractivity contribution < 1.29 is 23.4 Å². The first-order chi connectivity index (χ1) is 15.0. The fraction of sp³-hybridized carbons (Fsp3) is 0.0476. The third kappa shape index (κ3) is 3.97. The first kappa shape index (κ1) is 19.8. The van der Waals surface area contributed by atoms with Crippen molar-refractivity contribution in [1.29, 1.82) is 5.26 Å². The van der Waals surface area contributed by atoms with Gasteiger partial charge in [-0.05, 0) is 42.5 Å².